The van der Waals surface area contributed by atoms with Gasteiger partial charge in [0.15, 0.2) is 17.0 Å². The highest BCUT2D eigenvalue weighted by atomic mass is 35.5. The van der Waals surface area contributed by atoms with Gasteiger partial charge >= 0.3 is 0 Å². The molecule has 3 aromatic rings. The fourth-order valence-electron chi connectivity index (χ4n) is 2.34. The third-order valence-electron chi connectivity index (χ3n) is 3.48. The number of aromatic nitrogens is 5. The molecule has 1 unspecified atom stereocenters. The van der Waals surface area contributed by atoms with E-state index in [2.05, 4.69) is 25.6 Å². The second-order valence-electron chi connectivity index (χ2n) is 5.43. The van der Waals surface area contributed by atoms with Gasteiger partial charge in [-0.2, -0.15) is 9.97 Å². The number of fused-ring (bicyclic) bond motifs is 1. The monoisotopic (exact) mass is 332 g/mol. The van der Waals surface area contributed by atoms with Gasteiger partial charge in [0.1, 0.15) is 0 Å². The minimum Gasteiger partial charge on any atom is -0.394 e. The average Bonchev–Trinajstić information content (AvgIpc) is 2.97. The molecular weight excluding hydrogens is 316 g/mol. The maximum absolute atomic E-state index is 9.70. The fourth-order valence-corrected chi connectivity index (χ4v) is 2.50. The van der Waals surface area contributed by atoms with E-state index in [9.17, 15) is 5.11 Å². The van der Waals surface area contributed by atoms with Gasteiger partial charge in [-0.1, -0.05) is 35.5 Å². The van der Waals surface area contributed by atoms with Crippen LogP contribution in [-0.2, 0) is 0 Å². The molecule has 120 valence electrons. The van der Waals surface area contributed by atoms with Crippen molar-refractivity contribution in [1.82, 2.24) is 25.0 Å². The molecule has 0 aliphatic rings. The SMILES string of the molecule is CC(C)n1nnc2c(NC(CO)c3ccccc3)nc(Cl)nc21. The minimum absolute atomic E-state index is 0.0918. The second kappa shape index (κ2) is 6.47. The molecule has 8 heteroatoms. The van der Waals surface area contributed by atoms with Crippen LogP contribution in [0.5, 0.6) is 0 Å². The highest BCUT2D eigenvalue weighted by Gasteiger charge is 2.18. The molecule has 3 rings (SSSR count). The zero-order chi connectivity index (χ0) is 16.4. The molecule has 1 aromatic carbocycles. The van der Waals surface area contributed by atoms with Gasteiger partial charge in [0, 0.05) is 0 Å². The van der Waals surface area contributed by atoms with Crippen LogP contribution < -0.4 is 5.32 Å². The van der Waals surface area contributed by atoms with Crippen LogP contribution >= 0.6 is 11.6 Å². The number of halogens is 1. The van der Waals surface area contributed by atoms with Crippen LogP contribution in [0.25, 0.3) is 11.2 Å². The Bertz CT molecular complexity index is 804. The lowest BCUT2D eigenvalue weighted by molar-refractivity contribution is 0.276. The number of nitrogens with one attached hydrogen (secondary N) is 1. The van der Waals surface area contributed by atoms with Crippen LogP contribution in [0.4, 0.5) is 5.82 Å². The van der Waals surface area contributed by atoms with Gasteiger partial charge in [-0.3, -0.25) is 0 Å². The van der Waals surface area contributed by atoms with Crippen molar-refractivity contribution in [2.75, 3.05) is 11.9 Å². The topological polar surface area (TPSA) is 88.8 Å². The van der Waals surface area contributed by atoms with E-state index in [4.69, 9.17) is 11.6 Å². The largest absolute Gasteiger partial charge is 0.394 e. The molecule has 2 aromatic heterocycles. The zero-order valence-electron chi connectivity index (χ0n) is 12.8. The van der Waals surface area contributed by atoms with Gasteiger partial charge in [0.25, 0.3) is 0 Å². The lowest BCUT2D eigenvalue weighted by Gasteiger charge is -2.17. The number of rotatable bonds is 5. The lowest BCUT2D eigenvalue weighted by Crippen LogP contribution is -2.16. The van der Waals surface area contributed by atoms with Crippen molar-refractivity contribution in [3.63, 3.8) is 0 Å². The highest BCUT2D eigenvalue weighted by molar-refractivity contribution is 6.28. The fraction of sp³-hybridized carbons (Fsp3) is 0.333. The molecule has 7 nitrogen and oxygen atoms in total. The molecule has 0 bridgehead atoms. The first kappa shape index (κ1) is 15.6. The number of aliphatic hydroxyl groups excluding tert-OH is 1. The summed E-state index contributed by atoms with van der Waals surface area (Å²) in [5.74, 6) is 0.454. The smallest absolute Gasteiger partial charge is 0.226 e. The Kier molecular flexibility index (Phi) is 4.40. The Morgan fingerprint density at radius 3 is 2.61 bits per heavy atom. The molecule has 2 N–H and O–H groups in total. The predicted octanol–water partition coefficient (Wildman–Crippen LogP) is 2.60. The third kappa shape index (κ3) is 3.11. The Morgan fingerprint density at radius 1 is 1.22 bits per heavy atom. The Hall–Kier alpha value is -2.25. The molecule has 0 spiro atoms. The number of nitrogens with zero attached hydrogens (tertiary/aromatic N) is 5. The highest BCUT2D eigenvalue weighted by Crippen LogP contribution is 2.25. The predicted molar refractivity (Wildman–Crippen MR) is 88.4 cm³/mol. The maximum Gasteiger partial charge on any atom is 0.226 e. The van der Waals surface area contributed by atoms with Gasteiger partial charge in [-0.25, -0.2) is 4.68 Å². The summed E-state index contributed by atoms with van der Waals surface area (Å²) >= 11 is 6.04. The lowest BCUT2D eigenvalue weighted by atomic mass is 10.1. The number of aliphatic hydroxyl groups is 1. The van der Waals surface area contributed by atoms with E-state index in [1.54, 1.807) is 4.68 Å². The summed E-state index contributed by atoms with van der Waals surface area (Å²) < 4.78 is 1.69. The summed E-state index contributed by atoms with van der Waals surface area (Å²) in [6.45, 7) is 3.88. The summed E-state index contributed by atoms with van der Waals surface area (Å²) in [6.07, 6.45) is 0. The first-order valence-electron chi connectivity index (χ1n) is 7.31. The quantitative estimate of drug-likeness (QED) is 0.698. The van der Waals surface area contributed by atoms with Gasteiger partial charge in [0.05, 0.1) is 18.7 Å². The van der Waals surface area contributed by atoms with Crippen molar-refractivity contribution in [2.24, 2.45) is 0 Å². The van der Waals surface area contributed by atoms with Crippen LogP contribution in [0.3, 0.4) is 0 Å². The van der Waals surface area contributed by atoms with E-state index in [1.165, 1.54) is 0 Å². The second-order valence-corrected chi connectivity index (χ2v) is 5.77. The molecule has 0 radical (unpaired) electrons. The molecular formula is C15H17ClN6O. The van der Waals surface area contributed by atoms with Crippen LogP contribution in [0, 0.1) is 0 Å². The molecule has 0 saturated carbocycles. The normalized spacial score (nSPS) is 12.7. The Labute approximate surface area is 138 Å². The van der Waals surface area contributed by atoms with Gasteiger partial charge in [-0.05, 0) is 31.0 Å². The molecule has 2 heterocycles. The number of hydrogen-bond acceptors (Lipinski definition) is 6. The standard InChI is InChI=1S/C15H17ClN6O/c1-9(2)22-14-12(20-21-22)13(18-15(16)19-14)17-11(8-23)10-6-4-3-5-7-10/h3-7,9,11,23H,8H2,1-2H3,(H,17,18,19). The van der Waals surface area contributed by atoms with E-state index in [0.29, 0.717) is 17.0 Å². The van der Waals surface area contributed by atoms with Crippen molar-refractivity contribution >= 4 is 28.6 Å². The zero-order valence-corrected chi connectivity index (χ0v) is 13.6. The van der Waals surface area contributed by atoms with Crippen LogP contribution in [-0.4, -0.2) is 36.7 Å². The summed E-state index contributed by atoms with van der Waals surface area (Å²) in [7, 11) is 0. The van der Waals surface area contributed by atoms with Crippen LogP contribution in [0.2, 0.25) is 5.28 Å². The van der Waals surface area contributed by atoms with Crippen molar-refractivity contribution in [3.8, 4) is 0 Å². The number of benzene rings is 1. The van der Waals surface area contributed by atoms with Crippen LogP contribution in [0.1, 0.15) is 31.5 Å². The molecule has 0 amide bonds. The molecule has 0 fully saturated rings. The molecule has 0 aliphatic heterocycles. The van der Waals surface area contributed by atoms with E-state index in [-0.39, 0.29) is 24.0 Å². The van der Waals surface area contributed by atoms with Gasteiger partial charge in [0.2, 0.25) is 5.28 Å². The number of anilines is 1. The van der Waals surface area contributed by atoms with Crippen molar-refractivity contribution < 1.29 is 5.11 Å². The molecule has 0 saturated heterocycles. The van der Waals surface area contributed by atoms with E-state index < -0.39 is 0 Å². The van der Waals surface area contributed by atoms with Crippen molar-refractivity contribution in [1.29, 1.82) is 0 Å². The number of hydrogen-bond donors (Lipinski definition) is 2. The Morgan fingerprint density at radius 2 is 1.96 bits per heavy atom. The van der Waals surface area contributed by atoms with E-state index in [0.717, 1.165) is 5.56 Å². The average molecular weight is 333 g/mol. The molecule has 1 atom stereocenters. The minimum atomic E-state index is -0.324. The van der Waals surface area contributed by atoms with Gasteiger partial charge in [-0.15, -0.1) is 5.10 Å². The Balaban J connectivity index is 2.02. The summed E-state index contributed by atoms with van der Waals surface area (Å²) in [6, 6.07) is 9.38. The summed E-state index contributed by atoms with van der Waals surface area (Å²) in [5, 5.41) is 21.2. The summed E-state index contributed by atoms with van der Waals surface area (Å²) in [4.78, 5) is 8.42. The van der Waals surface area contributed by atoms with Gasteiger partial charge < -0.3 is 10.4 Å². The van der Waals surface area contributed by atoms with Crippen molar-refractivity contribution in [3.05, 3.63) is 41.2 Å². The van der Waals surface area contributed by atoms with Crippen LogP contribution in [0.15, 0.2) is 30.3 Å². The molecule has 23 heavy (non-hydrogen) atoms. The summed E-state index contributed by atoms with van der Waals surface area (Å²) in [5.41, 5.74) is 2.03. The first-order valence-corrected chi connectivity index (χ1v) is 7.68. The molecule has 0 aliphatic carbocycles. The van der Waals surface area contributed by atoms with E-state index in [1.807, 2.05) is 44.2 Å². The maximum atomic E-state index is 9.70. The van der Waals surface area contributed by atoms with Crippen molar-refractivity contribution in [2.45, 2.75) is 25.9 Å². The van der Waals surface area contributed by atoms with E-state index >= 15 is 0 Å². The first-order chi connectivity index (χ1) is 11.1. The third-order valence-corrected chi connectivity index (χ3v) is 3.65.